The first-order valence-electron chi connectivity index (χ1n) is 19.4. The quantitative estimate of drug-likeness (QED) is 0.0326. The lowest BCUT2D eigenvalue weighted by atomic mass is 9.78. The van der Waals surface area contributed by atoms with E-state index in [0.29, 0.717) is 10.3 Å². The normalized spacial score (nSPS) is 19.3. The number of nitrogens with zero attached hydrogens (tertiary/aromatic N) is 2. The van der Waals surface area contributed by atoms with Crippen LogP contribution in [0.4, 0.5) is 11.4 Å². The van der Waals surface area contributed by atoms with Gasteiger partial charge < -0.3 is 4.90 Å². The molecular weight excluding hydrogens is 865 g/mol. The molecule has 4 aromatic carbocycles. The summed E-state index contributed by atoms with van der Waals surface area (Å²) < 4.78 is 108. The second-order valence-electron chi connectivity index (χ2n) is 16.5. The van der Waals surface area contributed by atoms with E-state index in [1.165, 1.54) is 12.1 Å². The van der Waals surface area contributed by atoms with Crippen molar-refractivity contribution in [2.24, 2.45) is 0 Å². The Morgan fingerprint density at radius 3 is 2.15 bits per heavy atom. The Morgan fingerprint density at radius 1 is 0.787 bits per heavy atom. The van der Waals surface area contributed by atoms with E-state index in [2.05, 4.69) is 36.2 Å². The first kappa shape index (κ1) is 44.8. The summed E-state index contributed by atoms with van der Waals surface area (Å²) in [6.07, 6.45) is 10.5. The van der Waals surface area contributed by atoms with Gasteiger partial charge in [-0.05, 0) is 126 Å². The summed E-state index contributed by atoms with van der Waals surface area (Å²) in [7, 11) is -13.0. The summed E-state index contributed by atoms with van der Waals surface area (Å²) in [5.74, 6) is -0.993. The van der Waals surface area contributed by atoms with Crippen molar-refractivity contribution in [1.29, 1.82) is 0 Å². The molecule has 0 saturated carbocycles. The van der Waals surface area contributed by atoms with Crippen LogP contribution in [0.15, 0.2) is 117 Å². The summed E-state index contributed by atoms with van der Waals surface area (Å²) in [6, 6.07) is 17.4. The minimum absolute atomic E-state index is 0.0239. The molecule has 0 aromatic heterocycles. The van der Waals surface area contributed by atoms with Crippen molar-refractivity contribution in [3.05, 3.63) is 119 Å². The zero-order valence-electron chi connectivity index (χ0n) is 34.1. The van der Waals surface area contributed by atoms with E-state index in [1.54, 1.807) is 18.2 Å². The number of hydrogen-bond donors (Lipinski definition) is 4. The maximum atomic E-state index is 12.0. The van der Waals surface area contributed by atoms with Crippen LogP contribution in [0, 0.1) is 0 Å². The topological polar surface area (TPSA) is 208 Å². The Labute approximate surface area is 359 Å². The zero-order valence-corrected chi connectivity index (χ0v) is 37.4. The molecule has 0 amide bonds. The van der Waals surface area contributed by atoms with Gasteiger partial charge in [0, 0.05) is 45.9 Å². The van der Waals surface area contributed by atoms with Gasteiger partial charge in [0.1, 0.15) is 5.75 Å². The fraction of sp³-hybridized carbons (Fsp3) is 0.326. The Hall–Kier alpha value is -4.21. The van der Waals surface area contributed by atoms with Gasteiger partial charge in [0.05, 0.1) is 28.1 Å². The van der Waals surface area contributed by atoms with Crippen molar-refractivity contribution in [1.82, 2.24) is 0 Å². The first-order chi connectivity index (χ1) is 28.5. The highest BCUT2D eigenvalue weighted by atomic mass is 32.2. The monoisotopic (exact) mass is 911 g/mol. The first-order valence-corrected chi connectivity index (χ1v) is 24.8. The molecule has 324 valence electrons. The van der Waals surface area contributed by atoms with Crippen LogP contribution in [0.5, 0.6) is 0 Å². The highest BCUT2D eigenvalue weighted by Crippen LogP contribution is 2.51. The molecule has 3 aliphatic rings. The van der Waals surface area contributed by atoms with Crippen molar-refractivity contribution in [2.45, 2.75) is 74.5 Å². The molecule has 61 heavy (non-hydrogen) atoms. The van der Waals surface area contributed by atoms with Crippen LogP contribution in [0.1, 0.15) is 65.0 Å². The van der Waals surface area contributed by atoms with Gasteiger partial charge >= 0.3 is 0 Å². The van der Waals surface area contributed by atoms with Gasteiger partial charge in [-0.25, -0.2) is 5.26 Å². The third kappa shape index (κ3) is 9.02. The van der Waals surface area contributed by atoms with Crippen LogP contribution in [-0.2, 0) is 50.6 Å². The molecule has 0 radical (unpaired) electrons. The lowest BCUT2D eigenvalue weighted by molar-refractivity contribution is -0.432. The number of rotatable bonds is 13. The summed E-state index contributed by atoms with van der Waals surface area (Å²) in [6.45, 7) is 10.2. The average molecular weight is 912 g/mol. The molecule has 1 aliphatic carbocycles. The molecule has 0 unspecified atom stereocenters. The van der Waals surface area contributed by atoms with Gasteiger partial charge in [-0.2, -0.15) is 29.8 Å². The molecule has 0 spiro atoms. The summed E-state index contributed by atoms with van der Waals surface area (Å²) in [4.78, 5) is 2.40. The molecular formula is C43H47N2O12S4+. The molecule has 14 nitrogen and oxygen atoms in total. The molecule has 7 rings (SSSR count). The second kappa shape index (κ2) is 16.5. The van der Waals surface area contributed by atoms with Crippen molar-refractivity contribution < 1.29 is 58.1 Å². The van der Waals surface area contributed by atoms with Crippen LogP contribution in [-0.4, -0.2) is 79.1 Å². The molecule has 2 heterocycles. The third-order valence-corrected chi connectivity index (χ3v) is 14.8. The highest BCUT2D eigenvalue weighted by molar-refractivity contribution is 7.94. The lowest BCUT2D eigenvalue weighted by Gasteiger charge is -2.27. The molecule has 4 N–H and O–H groups in total. The van der Waals surface area contributed by atoms with E-state index in [-0.39, 0.29) is 18.0 Å². The summed E-state index contributed by atoms with van der Waals surface area (Å²) in [5.41, 5.74) is 6.93. The van der Waals surface area contributed by atoms with E-state index in [4.69, 9.17) is 5.26 Å². The molecule has 0 bridgehead atoms. The fourth-order valence-corrected chi connectivity index (χ4v) is 10.9. The van der Waals surface area contributed by atoms with Gasteiger partial charge in [0.2, 0.25) is 5.69 Å². The molecule has 18 heteroatoms. The van der Waals surface area contributed by atoms with Crippen molar-refractivity contribution in [3.8, 4) is 0 Å². The Morgan fingerprint density at radius 2 is 1.46 bits per heavy atom. The number of allylic oxidation sites excluding steroid dienone is 8. The third-order valence-electron chi connectivity index (χ3n) is 12.0. The predicted octanol–water partition coefficient (Wildman–Crippen LogP) is 8.48. The average Bonchev–Trinajstić information content (AvgIpc) is 3.54. The van der Waals surface area contributed by atoms with Crippen LogP contribution >= 0.6 is 12.0 Å². The molecule has 2 aliphatic heterocycles. The van der Waals surface area contributed by atoms with E-state index in [9.17, 15) is 38.9 Å². The van der Waals surface area contributed by atoms with E-state index in [0.717, 1.165) is 98.1 Å². The van der Waals surface area contributed by atoms with Crippen LogP contribution in [0.25, 0.3) is 21.5 Å². The van der Waals surface area contributed by atoms with E-state index >= 15 is 0 Å². The molecule has 0 saturated heterocycles. The summed E-state index contributed by atoms with van der Waals surface area (Å²) in [5, 5.41) is 15.6. The molecule has 4 aromatic rings. The predicted molar refractivity (Wildman–Crippen MR) is 236 cm³/mol. The fourth-order valence-electron chi connectivity index (χ4n) is 9.13. The van der Waals surface area contributed by atoms with Gasteiger partial charge in [0.15, 0.2) is 12.3 Å². The Kier molecular flexibility index (Phi) is 12.1. The number of fused-ring (bicyclic) bond motifs is 6. The number of hydrogen-bond acceptors (Lipinski definition) is 11. The largest absolute Gasteiger partial charge is 0.343 e. The van der Waals surface area contributed by atoms with Gasteiger partial charge in [-0.3, -0.25) is 13.7 Å². The maximum absolute atomic E-state index is 12.0. The smallest absolute Gasteiger partial charge is 0.294 e. The van der Waals surface area contributed by atoms with Gasteiger partial charge in [-0.1, -0.05) is 49.2 Å². The number of anilines is 1. The van der Waals surface area contributed by atoms with Gasteiger partial charge in [-0.15, -0.1) is 4.33 Å². The maximum Gasteiger partial charge on any atom is 0.294 e. The lowest BCUT2D eigenvalue weighted by Crippen LogP contribution is -2.30. The van der Waals surface area contributed by atoms with E-state index < -0.39 is 52.7 Å². The highest BCUT2D eigenvalue weighted by Gasteiger charge is 2.46. The second-order valence-corrected chi connectivity index (χ2v) is 21.8. The summed E-state index contributed by atoms with van der Waals surface area (Å²) >= 11 is 0.853. The van der Waals surface area contributed by atoms with Crippen molar-refractivity contribution in [2.75, 3.05) is 29.5 Å². The molecule has 0 atom stereocenters. The minimum Gasteiger partial charge on any atom is -0.343 e. The molecule has 0 fully saturated rings. The van der Waals surface area contributed by atoms with Crippen molar-refractivity contribution >= 4 is 81.0 Å². The number of benzene rings is 4. The Bertz CT molecular complexity index is 2980. The zero-order chi connectivity index (χ0) is 44.3. The standard InChI is InChI=1S/C43H46N2O12S4/c1-27-28(11-19-38-42(2,3)40-34-15-13-32(58-57-56-46)25-30(34)9-17-36(40)44(38)21-23-59(47,48)49)7-6-8-29(27)12-20-39-43(4,5)41-35-16-14-33(61(53,54)55)26-31(35)10-18-37(41)45(39)22-24-60(50,51)52/h9-20,25-26H,6-8,21-24H2,1-5H3,(H3-,46,47,48,49,50,51,52,53,54,55)/p+1. The van der Waals surface area contributed by atoms with Crippen molar-refractivity contribution in [3.63, 3.8) is 0 Å². The minimum atomic E-state index is -4.45. The SMILES string of the molecule is CC1=C(C=CC2=[N+](CCS(=O)(=O)O)c3ccc4cc(S(=O)(=O)O)ccc4c3C2(C)C)CCCC1=C/C=C1/N(CCS(=O)(=O)O)c2ccc3cc(SOOO)ccc3c2C1(C)C. The Balaban J connectivity index is 1.28. The van der Waals surface area contributed by atoms with Crippen LogP contribution in [0.3, 0.4) is 0 Å². The van der Waals surface area contributed by atoms with E-state index in [1.807, 2.05) is 71.9 Å². The van der Waals surface area contributed by atoms with Crippen LogP contribution in [0.2, 0.25) is 0 Å². The van der Waals surface area contributed by atoms with Gasteiger partial charge in [0.25, 0.3) is 30.4 Å². The van der Waals surface area contributed by atoms with Crippen LogP contribution < -0.4 is 4.90 Å².